The minimum Gasteiger partial charge on any atom is -0.346 e. The number of pyridine rings is 1. The molecule has 1 amide bonds. The van der Waals surface area contributed by atoms with Gasteiger partial charge in [-0.25, -0.2) is 0 Å². The highest BCUT2D eigenvalue weighted by atomic mass is 16.1. The third kappa shape index (κ3) is 3.15. The summed E-state index contributed by atoms with van der Waals surface area (Å²) in [7, 11) is 0. The van der Waals surface area contributed by atoms with Crippen molar-refractivity contribution in [1.29, 1.82) is 0 Å². The van der Waals surface area contributed by atoms with E-state index >= 15 is 0 Å². The number of aromatic nitrogens is 2. The Morgan fingerprint density at radius 3 is 2.33 bits per heavy atom. The van der Waals surface area contributed by atoms with Crippen molar-refractivity contribution in [3.05, 3.63) is 53.1 Å². The van der Waals surface area contributed by atoms with Crippen LogP contribution in [0.3, 0.4) is 0 Å². The average molecular weight is 285 g/mol. The molecule has 1 atom stereocenters. The first kappa shape index (κ1) is 15.3. The molecule has 4 heteroatoms. The molecule has 21 heavy (non-hydrogen) atoms. The molecule has 2 heterocycles. The van der Waals surface area contributed by atoms with E-state index in [1.807, 2.05) is 39.0 Å². The molecule has 2 aromatic rings. The zero-order chi connectivity index (χ0) is 15.6. The van der Waals surface area contributed by atoms with Gasteiger partial charge in [0.15, 0.2) is 0 Å². The highest BCUT2D eigenvalue weighted by molar-refractivity contribution is 5.96. The summed E-state index contributed by atoms with van der Waals surface area (Å²) in [5, 5.41) is 3.05. The minimum absolute atomic E-state index is 0.0284. The smallest absolute Gasteiger partial charge is 0.253 e. The number of hydrogen-bond donors (Lipinski definition) is 1. The second-order valence-corrected chi connectivity index (χ2v) is 5.72. The van der Waals surface area contributed by atoms with Crippen molar-refractivity contribution >= 4 is 5.91 Å². The lowest BCUT2D eigenvalue weighted by molar-refractivity contribution is 0.0939. The van der Waals surface area contributed by atoms with E-state index in [-0.39, 0.29) is 11.9 Å². The van der Waals surface area contributed by atoms with Gasteiger partial charge in [0.25, 0.3) is 5.91 Å². The lowest BCUT2D eigenvalue weighted by atomic mass is 10.1. The summed E-state index contributed by atoms with van der Waals surface area (Å²) >= 11 is 0. The van der Waals surface area contributed by atoms with Crippen LogP contribution in [0.15, 0.2) is 30.6 Å². The van der Waals surface area contributed by atoms with E-state index < -0.39 is 0 Å². The molecule has 0 aliphatic carbocycles. The Hall–Kier alpha value is -2.10. The summed E-state index contributed by atoms with van der Waals surface area (Å²) in [6.07, 6.45) is 3.48. The second-order valence-electron chi connectivity index (χ2n) is 5.72. The van der Waals surface area contributed by atoms with Crippen LogP contribution in [0, 0.1) is 13.8 Å². The lowest BCUT2D eigenvalue weighted by Gasteiger charge is -2.15. The Morgan fingerprint density at radius 2 is 1.81 bits per heavy atom. The zero-order valence-electron chi connectivity index (χ0n) is 13.3. The van der Waals surface area contributed by atoms with Gasteiger partial charge in [-0.3, -0.25) is 9.78 Å². The monoisotopic (exact) mass is 285 g/mol. The first-order chi connectivity index (χ1) is 9.91. The van der Waals surface area contributed by atoms with Gasteiger partial charge in [0, 0.05) is 29.8 Å². The lowest BCUT2D eigenvalue weighted by Crippen LogP contribution is -2.27. The highest BCUT2D eigenvalue weighted by Gasteiger charge is 2.18. The maximum atomic E-state index is 12.5. The molecule has 0 saturated carbocycles. The van der Waals surface area contributed by atoms with Crippen molar-refractivity contribution in [2.24, 2.45) is 0 Å². The molecule has 4 nitrogen and oxygen atoms in total. The summed E-state index contributed by atoms with van der Waals surface area (Å²) in [6, 6.07) is 6.11. The van der Waals surface area contributed by atoms with Crippen LogP contribution in [0.5, 0.6) is 0 Å². The van der Waals surface area contributed by atoms with Crippen LogP contribution < -0.4 is 5.32 Å². The highest BCUT2D eigenvalue weighted by Crippen LogP contribution is 2.21. The van der Waals surface area contributed by atoms with E-state index in [1.165, 1.54) is 0 Å². The normalized spacial score (nSPS) is 12.5. The number of hydrogen-bond acceptors (Lipinski definition) is 2. The number of amides is 1. The molecule has 0 aliphatic rings. The average Bonchev–Trinajstić information content (AvgIpc) is 2.75. The number of nitrogens with zero attached hydrogens (tertiary/aromatic N) is 2. The van der Waals surface area contributed by atoms with Crippen LogP contribution in [0.25, 0.3) is 0 Å². The standard InChI is InChI=1S/C17H23N3O/c1-11(2)20-12(3)10-16(14(20)5)17(21)19-13(4)15-6-8-18-9-7-15/h6-11,13H,1-5H3,(H,19,21). The Bertz CT molecular complexity index is 629. The Morgan fingerprint density at radius 1 is 1.19 bits per heavy atom. The molecule has 1 unspecified atom stereocenters. The van der Waals surface area contributed by atoms with E-state index in [0.29, 0.717) is 6.04 Å². The van der Waals surface area contributed by atoms with Crippen molar-refractivity contribution in [3.8, 4) is 0 Å². The third-order valence-corrected chi connectivity index (χ3v) is 3.80. The molecule has 2 rings (SSSR count). The fraction of sp³-hybridized carbons (Fsp3) is 0.412. The topological polar surface area (TPSA) is 46.9 Å². The van der Waals surface area contributed by atoms with Crippen LogP contribution >= 0.6 is 0 Å². The SMILES string of the molecule is Cc1cc(C(=O)NC(C)c2ccncc2)c(C)n1C(C)C. The van der Waals surface area contributed by atoms with E-state index in [9.17, 15) is 4.79 Å². The Labute approximate surface area is 126 Å². The molecule has 0 aromatic carbocycles. The molecule has 0 fully saturated rings. The van der Waals surface area contributed by atoms with Crippen molar-refractivity contribution in [2.45, 2.75) is 46.7 Å². The van der Waals surface area contributed by atoms with E-state index in [1.54, 1.807) is 12.4 Å². The van der Waals surface area contributed by atoms with Gasteiger partial charge in [0.05, 0.1) is 11.6 Å². The number of aryl methyl sites for hydroxylation is 1. The van der Waals surface area contributed by atoms with E-state index in [4.69, 9.17) is 0 Å². The van der Waals surface area contributed by atoms with Gasteiger partial charge in [0.1, 0.15) is 0 Å². The summed E-state index contributed by atoms with van der Waals surface area (Å²) in [6.45, 7) is 10.3. The zero-order valence-corrected chi connectivity index (χ0v) is 13.3. The molecule has 0 radical (unpaired) electrons. The van der Waals surface area contributed by atoms with E-state index in [2.05, 4.69) is 28.7 Å². The van der Waals surface area contributed by atoms with Crippen LogP contribution in [-0.2, 0) is 0 Å². The molecular formula is C17H23N3O. The molecule has 2 aromatic heterocycles. The maximum absolute atomic E-state index is 12.5. The van der Waals surface area contributed by atoms with Crippen LogP contribution in [-0.4, -0.2) is 15.5 Å². The van der Waals surface area contributed by atoms with Crippen LogP contribution in [0.2, 0.25) is 0 Å². The van der Waals surface area contributed by atoms with Gasteiger partial charge in [-0.1, -0.05) is 0 Å². The van der Waals surface area contributed by atoms with Gasteiger partial charge in [0.2, 0.25) is 0 Å². The Kier molecular flexibility index (Phi) is 4.46. The predicted molar refractivity (Wildman–Crippen MR) is 84.4 cm³/mol. The van der Waals surface area contributed by atoms with Crippen LogP contribution in [0.1, 0.15) is 60.2 Å². The summed E-state index contributed by atoms with van der Waals surface area (Å²) in [5.74, 6) is -0.0284. The minimum atomic E-state index is -0.0393. The fourth-order valence-corrected chi connectivity index (χ4v) is 2.81. The maximum Gasteiger partial charge on any atom is 0.253 e. The fourth-order valence-electron chi connectivity index (χ4n) is 2.81. The van der Waals surface area contributed by atoms with Crippen molar-refractivity contribution < 1.29 is 4.79 Å². The first-order valence-corrected chi connectivity index (χ1v) is 7.31. The Balaban J connectivity index is 2.20. The summed E-state index contributed by atoms with van der Waals surface area (Å²) < 4.78 is 2.19. The molecule has 0 saturated heterocycles. The van der Waals surface area contributed by atoms with Gasteiger partial charge >= 0.3 is 0 Å². The largest absolute Gasteiger partial charge is 0.346 e. The van der Waals surface area contributed by atoms with Crippen molar-refractivity contribution in [1.82, 2.24) is 14.9 Å². The van der Waals surface area contributed by atoms with Gasteiger partial charge < -0.3 is 9.88 Å². The molecule has 0 bridgehead atoms. The molecule has 0 aliphatic heterocycles. The number of carbonyl (C=O) groups excluding carboxylic acids is 1. The quantitative estimate of drug-likeness (QED) is 0.933. The van der Waals surface area contributed by atoms with Gasteiger partial charge in [-0.05, 0) is 58.4 Å². The second kappa shape index (κ2) is 6.12. The number of nitrogens with one attached hydrogen (secondary N) is 1. The summed E-state index contributed by atoms with van der Waals surface area (Å²) in [4.78, 5) is 16.5. The van der Waals surface area contributed by atoms with Crippen molar-refractivity contribution in [2.75, 3.05) is 0 Å². The number of rotatable bonds is 4. The molecule has 0 spiro atoms. The van der Waals surface area contributed by atoms with E-state index in [0.717, 1.165) is 22.5 Å². The van der Waals surface area contributed by atoms with Crippen molar-refractivity contribution in [3.63, 3.8) is 0 Å². The predicted octanol–water partition coefficient (Wildman–Crippen LogP) is 3.57. The van der Waals surface area contributed by atoms with Gasteiger partial charge in [-0.2, -0.15) is 0 Å². The molecule has 112 valence electrons. The molecule has 1 N–H and O–H groups in total. The van der Waals surface area contributed by atoms with Gasteiger partial charge in [-0.15, -0.1) is 0 Å². The summed E-state index contributed by atoms with van der Waals surface area (Å²) in [5.41, 5.74) is 3.93. The molecular weight excluding hydrogens is 262 g/mol. The van der Waals surface area contributed by atoms with Crippen LogP contribution in [0.4, 0.5) is 0 Å². The third-order valence-electron chi connectivity index (χ3n) is 3.80. The number of carbonyl (C=O) groups is 1. The first-order valence-electron chi connectivity index (χ1n) is 7.31.